The van der Waals surface area contributed by atoms with Gasteiger partial charge in [0.2, 0.25) is 0 Å². The molecule has 0 fully saturated rings. The minimum atomic E-state index is 0.594. The van der Waals surface area contributed by atoms with Gasteiger partial charge >= 0.3 is 0 Å². The molecule has 84 valence electrons. The smallest absolute Gasteiger partial charge is 0.145 e. The third-order valence-corrected chi connectivity index (χ3v) is 2.37. The summed E-state index contributed by atoms with van der Waals surface area (Å²) in [6.07, 6.45) is 3.29. The summed E-state index contributed by atoms with van der Waals surface area (Å²) in [6.45, 7) is 7.97. The first-order valence-corrected chi connectivity index (χ1v) is 5.32. The van der Waals surface area contributed by atoms with Crippen LogP contribution in [-0.4, -0.2) is 36.1 Å². The van der Waals surface area contributed by atoms with Crippen molar-refractivity contribution in [3.8, 4) is 5.75 Å². The number of rotatable bonds is 6. The standard InChI is InChI=1S/C11H19N3O/c1-3-14(4-2)7-8-15-11-5-6-13-9-10(11)12/h5-6,9H,3-4,7-8,12H2,1-2H3. The number of nitrogen functional groups attached to an aromatic ring is 1. The summed E-state index contributed by atoms with van der Waals surface area (Å²) in [4.78, 5) is 6.21. The molecule has 0 atom stereocenters. The maximum atomic E-state index is 5.70. The Morgan fingerprint density at radius 2 is 2.13 bits per heavy atom. The molecule has 0 unspecified atom stereocenters. The third-order valence-electron chi connectivity index (χ3n) is 2.37. The highest BCUT2D eigenvalue weighted by Crippen LogP contribution is 2.17. The number of nitrogens with zero attached hydrogens (tertiary/aromatic N) is 2. The van der Waals surface area contributed by atoms with E-state index in [1.165, 1.54) is 0 Å². The first-order chi connectivity index (χ1) is 7.27. The van der Waals surface area contributed by atoms with Gasteiger partial charge < -0.3 is 15.4 Å². The summed E-state index contributed by atoms with van der Waals surface area (Å²) in [5.41, 5.74) is 6.30. The van der Waals surface area contributed by atoms with Gasteiger partial charge in [-0.3, -0.25) is 4.98 Å². The first-order valence-electron chi connectivity index (χ1n) is 5.32. The molecule has 1 aromatic heterocycles. The number of pyridine rings is 1. The zero-order valence-electron chi connectivity index (χ0n) is 9.44. The van der Waals surface area contributed by atoms with Crippen molar-refractivity contribution in [2.24, 2.45) is 0 Å². The van der Waals surface area contributed by atoms with E-state index in [9.17, 15) is 0 Å². The van der Waals surface area contributed by atoms with E-state index in [2.05, 4.69) is 23.7 Å². The molecule has 0 saturated heterocycles. The number of hydrogen-bond donors (Lipinski definition) is 1. The number of nitrogens with two attached hydrogens (primary N) is 1. The Hall–Kier alpha value is -1.29. The van der Waals surface area contributed by atoms with Crippen molar-refractivity contribution >= 4 is 5.69 Å². The van der Waals surface area contributed by atoms with Crippen LogP contribution in [-0.2, 0) is 0 Å². The molecule has 1 rings (SSSR count). The molecule has 1 heterocycles. The molecule has 2 N–H and O–H groups in total. The highest BCUT2D eigenvalue weighted by atomic mass is 16.5. The van der Waals surface area contributed by atoms with Gasteiger partial charge in [0.25, 0.3) is 0 Å². The Morgan fingerprint density at radius 1 is 1.40 bits per heavy atom. The number of hydrogen-bond acceptors (Lipinski definition) is 4. The van der Waals surface area contributed by atoms with Crippen molar-refractivity contribution in [3.05, 3.63) is 18.5 Å². The lowest BCUT2D eigenvalue weighted by atomic mass is 10.4. The van der Waals surface area contributed by atoms with Crippen molar-refractivity contribution in [1.82, 2.24) is 9.88 Å². The van der Waals surface area contributed by atoms with E-state index < -0.39 is 0 Å². The largest absolute Gasteiger partial charge is 0.490 e. The van der Waals surface area contributed by atoms with Gasteiger partial charge in [-0.25, -0.2) is 0 Å². The number of ether oxygens (including phenoxy) is 1. The van der Waals surface area contributed by atoms with E-state index in [1.807, 2.05) is 0 Å². The second kappa shape index (κ2) is 6.24. The van der Waals surface area contributed by atoms with Gasteiger partial charge in [0.1, 0.15) is 12.4 Å². The van der Waals surface area contributed by atoms with E-state index in [0.717, 1.165) is 25.4 Å². The SMILES string of the molecule is CCN(CC)CCOc1ccncc1N. The molecule has 0 bridgehead atoms. The van der Waals surface area contributed by atoms with Crippen LogP contribution in [0.4, 0.5) is 5.69 Å². The van der Waals surface area contributed by atoms with Gasteiger partial charge in [-0.05, 0) is 13.1 Å². The quantitative estimate of drug-likeness (QED) is 0.769. The number of anilines is 1. The monoisotopic (exact) mass is 209 g/mol. The molecule has 0 amide bonds. The molecule has 0 radical (unpaired) electrons. The van der Waals surface area contributed by atoms with Crippen LogP contribution in [0, 0.1) is 0 Å². The Morgan fingerprint density at radius 3 is 2.73 bits per heavy atom. The minimum Gasteiger partial charge on any atom is -0.490 e. The fraction of sp³-hybridized carbons (Fsp3) is 0.545. The van der Waals surface area contributed by atoms with E-state index in [4.69, 9.17) is 10.5 Å². The van der Waals surface area contributed by atoms with Crippen molar-refractivity contribution in [2.75, 3.05) is 32.0 Å². The minimum absolute atomic E-state index is 0.594. The lowest BCUT2D eigenvalue weighted by Crippen LogP contribution is -2.28. The molecule has 0 aliphatic heterocycles. The summed E-state index contributed by atoms with van der Waals surface area (Å²) in [6, 6.07) is 1.79. The summed E-state index contributed by atoms with van der Waals surface area (Å²) < 4.78 is 5.56. The maximum absolute atomic E-state index is 5.70. The van der Waals surface area contributed by atoms with Gasteiger partial charge in [0, 0.05) is 18.8 Å². The molecule has 4 nitrogen and oxygen atoms in total. The second-order valence-corrected chi connectivity index (χ2v) is 3.29. The Balaban J connectivity index is 2.34. The van der Waals surface area contributed by atoms with Gasteiger partial charge in [0.05, 0.1) is 11.9 Å². The van der Waals surface area contributed by atoms with Gasteiger partial charge in [-0.1, -0.05) is 13.8 Å². The van der Waals surface area contributed by atoms with Crippen LogP contribution in [0.25, 0.3) is 0 Å². The average Bonchev–Trinajstić information content (AvgIpc) is 2.27. The van der Waals surface area contributed by atoms with E-state index in [-0.39, 0.29) is 0 Å². The lowest BCUT2D eigenvalue weighted by molar-refractivity contribution is 0.223. The normalized spacial score (nSPS) is 10.6. The van der Waals surface area contributed by atoms with Gasteiger partial charge in [0.15, 0.2) is 0 Å². The Bertz CT molecular complexity index is 287. The fourth-order valence-corrected chi connectivity index (χ4v) is 1.35. The van der Waals surface area contributed by atoms with Crippen LogP contribution in [0.1, 0.15) is 13.8 Å². The first kappa shape index (κ1) is 11.8. The maximum Gasteiger partial charge on any atom is 0.145 e. The molecule has 15 heavy (non-hydrogen) atoms. The van der Waals surface area contributed by atoms with Crippen molar-refractivity contribution < 1.29 is 4.74 Å². The zero-order valence-corrected chi connectivity index (χ0v) is 9.44. The molecule has 0 aromatic carbocycles. The average molecular weight is 209 g/mol. The lowest BCUT2D eigenvalue weighted by Gasteiger charge is -2.18. The van der Waals surface area contributed by atoms with Crippen molar-refractivity contribution in [2.45, 2.75) is 13.8 Å². The fourth-order valence-electron chi connectivity index (χ4n) is 1.35. The van der Waals surface area contributed by atoms with E-state index >= 15 is 0 Å². The predicted octanol–water partition coefficient (Wildman–Crippen LogP) is 1.38. The highest BCUT2D eigenvalue weighted by Gasteiger charge is 2.01. The summed E-state index contributed by atoms with van der Waals surface area (Å²) in [5, 5.41) is 0. The van der Waals surface area contributed by atoms with Gasteiger partial charge in [-0.15, -0.1) is 0 Å². The molecule has 1 aromatic rings. The molecule has 0 spiro atoms. The van der Waals surface area contributed by atoms with Crippen molar-refractivity contribution in [3.63, 3.8) is 0 Å². The molecule has 0 saturated carbocycles. The third kappa shape index (κ3) is 3.75. The molecule has 0 aliphatic carbocycles. The van der Waals surface area contributed by atoms with Crippen LogP contribution >= 0.6 is 0 Å². The molecular formula is C11H19N3O. The Kier molecular flexibility index (Phi) is 4.90. The number of likely N-dealkylation sites (N-methyl/N-ethyl adjacent to an activating group) is 1. The zero-order chi connectivity index (χ0) is 11.1. The van der Waals surface area contributed by atoms with Crippen LogP contribution in [0.5, 0.6) is 5.75 Å². The van der Waals surface area contributed by atoms with Crippen molar-refractivity contribution in [1.29, 1.82) is 0 Å². The summed E-state index contributed by atoms with van der Waals surface area (Å²) in [5.74, 6) is 0.720. The molecule has 4 heteroatoms. The highest BCUT2D eigenvalue weighted by molar-refractivity contribution is 5.49. The van der Waals surface area contributed by atoms with Crippen LogP contribution in [0.15, 0.2) is 18.5 Å². The van der Waals surface area contributed by atoms with E-state index in [1.54, 1.807) is 18.5 Å². The summed E-state index contributed by atoms with van der Waals surface area (Å²) >= 11 is 0. The predicted molar refractivity (Wildman–Crippen MR) is 61.9 cm³/mol. The van der Waals surface area contributed by atoms with Crippen LogP contribution in [0.3, 0.4) is 0 Å². The second-order valence-electron chi connectivity index (χ2n) is 3.29. The van der Waals surface area contributed by atoms with E-state index in [0.29, 0.717) is 12.3 Å². The number of aromatic nitrogens is 1. The topological polar surface area (TPSA) is 51.4 Å². The molecular weight excluding hydrogens is 190 g/mol. The molecule has 0 aliphatic rings. The van der Waals surface area contributed by atoms with Crippen LogP contribution in [0.2, 0.25) is 0 Å². The Labute approximate surface area is 91.1 Å². The van der Waals surface area contributed by atoms with Crippen LogP contribution < -0.4 is 10.5 Å². The van der Waals surface area contributed by atoms with Gasteiger partial charge in [-0.2, -0.15) is 0 Å². The summed E-state index contributed by atoms with van der Waals surface area (Å²) in [7, 11) is 0.